The second-order valence-corrected chi connectivity index (χ2v) is 15.0. The fourth-order valence-electron chi connectivity index (χ4n) is 7.77. The van der Waals surface area contributed by atoms with E-state index in [9.17, 15) is 19.2 Å². The molecule has 2 aromatic carbocycles. The average molecular weight is 852 g/mol. The second-order valence-electron chi connectivity index (χ2n) is 15.0. The number of carbonyl (C=O) groups is 4. The van der Waals surface area contributed by atoms with Crippen molar-refractivity contribution in [3.8, 4) is 11.5 Å². The van der Waals surface area contributed by atoms with Gasteiger partial charge in [0.05, 0.1) is 49.4 Å². The number of carbonyl (C=O) groups excluding carboxylic acids is 4. The van der Waals surface area contributed by atoms with Crippen LogP contribution in [0, 0.1) is 13.8 Å². The first-order valence-electron chi connectivity index (χ1n) is 20.8. The number of methoxy groups -OCH3 is 1. The average Bonchev–Trinajstić information content (AvgIpc) is 4.03. The number of hydrogen-bond acceptors (Lipinski definition) is 10. The van der Waals surface area contributed by atoms with Crippen LogP contribution in [0.2, 0.25) is 0 Å². The molecule has 1 aliphatic rings. The summed E-state index contributed by atoms with van der Waals surface area (Å²) in [6.07, 6.45) is 1.79. The third-order valence-electron chi connectivity index (χ3n) is 10.7. The van der Waals surface area contributed by atoms with Crippen LogP contribution in [0.15, 0.2) is 46.4 Å². The Kier molecular flexibility index (Phi) is 13.2. The van der Waals surface area contributed by atoms with Crippen molar-refractivity contribution in [2.45, 2.75) is 73.1 Å². The molecule has 4 amide bonds. The number of imidazole rings is 2. The van der Waals surface area contributed by atoms with Crippen molar-refractivity contribution in [2.24, 2.45) is 21.5 Å². The molecule has 0 aliphatic carbocycles. The number of benzene rings is 2. The van der Waals surface area contributed by atoms with Gasteiger partial charge in [-0.15, -0.1) is 0 Å². The summed E-state index contributed by atoms with van der Waals surface area (Å²) in [7, 11) is 1.49. The van der Waals surface area contributed by atoms with Crippen LogP contribution < -0.4 is 32.2 Å². The van der Waals surface area contributed by atoms with Crippen LogP contribution in [0.4, 0.5) is 0 Å². The van der Waals surface area contributed by atoms with Gasteiger partial charge < -0.3 is 44.8 Å². The minimum atomic E-state index is -0.642. The Morgan fingerprint density at radius 3 is 1.66 bits per heavy atom. The Hall–Kier alpha value is -6.80. The molecule has 0 unspecified atom stereocenters. The third-order valence-corrected chi connectivity index (χ3v) is 10.7. The van der Waals surface area contributed by atoms with Crippen molar-refractivity contribution in [1.29, 1.82) is 0 Å². The lowest BCUT2D eigenvalue weighted by atomic mass is 10.1. The molecule has 0 spiro atoms. The third kappa shape index (κ3) is 9.25. The van der Waals surface area contributed by atoms with E-state index < -0.39 is 23.6 Å². The van der Waals surface area contributed by atoms with E-state index in [-0.39, 0.29) is 22.4 Å². The number of nitrogens with two attached hydrogens (primary N) is 2. The lowest BCUT2D eigenvalue weighted by Crippen LogP contribution is -2.37. The molecule has 0 radical (unpaired) electrons. The SMILES string of the molecule is CCn1nc(C)cc1C(=O)/N=c1/[nH]c2cc(C(N)=O)cc(OC)c2n1CCCCn1/c(=N\C(=O)c2cc(C)nn2CC)[nH]c2cc(C(N)=O)cc(OCCCN3CCOCC3)c21. The summed E-state index contributed by atoms with van der Waals surface area (Å²) < 4.78 is 24.5. The van der Waals surface area contributed by atoms with Crippen LogP contribution >= 0.6 is 0 Å². The first-order valence-corrected chi connectivity index (χ1v) is 20.8. The maximum absolute atomic E-state index is 13.8. The maximum atomic E-state index is 13.8. The van der Waals surface area contributed by atoms with Gasteiger partial charge in [0.2, 0.25) is 23.1 Å². The van der Waals surface area contributed by atoms with E-state index in [1.165, 1.54) is 7.11 Å². The molecule has 62 heavy (non-hydrogen) atoms. The number of H-pyrrole nitrogens is 2. The van der Waals surface area contributed by atoms with E-state index >= 15 is 0 Å². The van der Waals surface area contributed by atoms with Crippen LogP contribution in [0.1, 0.15) is 86.2 Å². The molecule has 1 saturated heterocycles. The molecular formula is C42H53N13O7. The molecule has 4 aromatic heterocycles. The van der Waals surface area contributed by atoms with E-state index in [4.69, 9.17) is 25.7 Å². The first-order chi connectivity index (χ1) is 29.9. The smallest absolute Gasteiger partial charge is 0.298 e. The van der Waals surface area contributed by atoms with Gasteiger partial charge in [-0.3, -0.25) is 33.4 Å². The first kappa shape index (κ1) is 43.3. The van der Waals surface area contributed by atoms with E-state index in [0.29, 0.717) is 115 Å². The number of amides is 4. The largest absolute Gasteiger partial charge is 0.494 e. The highest BCUT2D eigenvalue weighted by atomic mass is 16.5. The number of primary amides is 2. The van der Waals surface area contributed by atoms with Crippen LogP contribution in [0.3, 0.4) is 0 Å². The van der Waals surface area contributed by atoms with Crippen molar-refractivity contribution in [3.63, 3.8) is 0 Å². The van der Waals surface area contributed by atoms with Gasteiger partial charge in [0.1, 0.15) is 33.9 Å². The highest BCUT2D eigenvalue weighted by Crippen LogP contribution is 2.28. The summed E-state index contributed by atoms with van der Waals surface area (Å²) in [6.45, 7) is 13.3. The van der Waals surface area contributed by atoms with Crippen molar-refractivity contribution in [3.05, 3.63) is 81.5 Å². The molecule has 0 atom stereocenters. The second kappa shape index (κ2) is 18.9. The van der Waals surface area contributed by atoms with Crippen molar-refractivity contribution >= 4 is 45.7 Å². The fraction of sp³-hybridized carbons (Fsp3) is 0.429. The lowest BCUT2D eigenvalue weighted by Gasteiger charge is -2.26. The van der Waals surface area contributed by atoms with Gasteiger partial charge in [-0.05, 0) is 83.4 Å². The number of aryl methyl sites for hydroxylation is 6. The van der Waals surface area contributed by atoms with Crippen molar-refractivity contribution in [1.82, 2.24) is 43.6 Å². The molecule has 5 heterocycles. The molecule has 0 saturated carbocycles. The van der Waals surface area contributed by atoms with Crippen LogP contribution in [-0.2, 0) is 30.9 Å². The fourth-order valence-corrected chi connectivity index (χ4v) is 7.77. The van der Waals surface area contributed by atoms with Crippen molar-refractivity contribution in [2.75, 3.05) is 46.6 Å². The number of hydrogen-bond donors (Lipinski definition) is 4. The molecule has 20 heteroatoms. The number of ether oxygens (including phenoxy) is 3. The molecule has 1 fully saturated rings. The number of aromatic nitrogens is 8. The number of nitrogens with one attached hydrogen (secondary N) is 2. The minimum absolute atomic E-state index is 0.220. The summed E-state index contributed by atoms with van der Waals surface area (Å²) in [5.41, 5.74) is 16.6. The van der Waals surface area contributed by atoms with E-state index in [1.807, 2.05) is 36.8 Å². The zero-order valence-corrected chi connectivity index (χ0v) is 35.7. The van der Waals surface area contributed by atoms with Crippen molar-refractivity contribution < 1.29 is 33.4 Å². The number of rotatable bonds is 17. The number of unbranched alkanes of at least 4 members (excludes halogenated alkanes) is 1. The Morgan fingerprint density at radius 1 is 0.710 bits per heavy atom. The molecule has 6 N–H and O–H groups in total. The monoisotopic (exact) mass is 851 g/mol. The minimum Gasteiger partial charge on any atom is -0.494 e. The Morgan fingerprint density at radius 2 is 1.19 bits per heavy atom. The van der Waals surface area contributed by atoms with E-state index in [2.05, 4.69) is 35.1 Å². The number of morpholine rings is 1. The number of nitrogens with zero attached hydrogens (tertiary/aromatic N) is 9. The van der Waals surface area contributed by atoms with Gasteiger partial charge in [-0.2, -0.15) is 20.2 Å². The Bertz CT molecular complexity index is 2790. The van der Waals surface area contributed by atoms with E-state index in [1.54, 1.807) is 45.8 Å². The summed E-state index contributed by atoms with van der Waals surface area (Å²) in [5, 5.41) is 8.83. The molecule has 328 valence electrons. The molecular weight excluding hydrogens is 799 g/mol. The summed E-state index contributed by atoms with van der Waals surface area (Å²) >= 11 is 0. The van der Waals surface area contributed by atoms with Gasteiger partial charge in [-0.25, -0.2) is 0 Å². The highest BCUT2D eigenvalue weighted by Gasteiger charge is 2.21. The van der Waals surface area contributed by atoms with E-state index in [0.717, 1.165) is 26.1 Å². The number of aromatic amines is 2. The quantitative estimate of drug-likeness (QED) is 0.0976. The number of fused-ring (bicyclic) bond motifs is 2. The predicted molar refractivity (Wildman–Crippen MR) is 228 cm³/mol. The lowest BCUT2D eigenvalue weighted by molar-refractivity contribution is 0.0358. The molecule has 7 rings (SSSR count). The summed E-state index contributed by atoms with van der Waals surface area (Å²) in [6, 6.07) is 9.78. The van der Waals surface area contributed by atoms with Crippen LogP contribution in [0.25, 0.3) is 22.1 Å². The Balaban J connectivity index is 1.25. The molecule has 20 nitrogen and oxygen atoms in total. The van der Waals surface area contributed by atoms with Gasteiger partial charge in [0, 0.05) is 56.9 Å². The zero-order chi connectivity index (χ0) is 44.1. The van der Waals surface area contributed by atoms with Gasteiger partial charge in [0.25, 0.3) is 11.8 Å². The zero-order valence-electron chi connectivity index (χ0n) is 35.7. The summed E-state index contributed by atoms with van der Waals surface area (Å²) in [5.74, 6) is -1.49. The van der Waals surface area contributed by atoms with Gasteiger partial charge >= 0.3 is 0 Å². The normalized spacial score (nSPS) is 14.0. The van der Waals surface area contributed by atoms with Gasteiger partial charge in [0.15, 0.2) is 0 Å². The maximum Gasteiger partial charge on any atom is 0.298 e. The molecule has 0 bridgehead atoms. The van der Waals surface area contributed by atoms with Crippen LogP contribution in [-0.4, -0.2) is 114 Å². The van der Waals surface area contributed by atoms with Crippen LogP contribution in [0.5, 0.6) is 11.5 Å². The highest BCUT2D eigenvalue weighted by molar-refractivity contribution is 5.99. The summed E-state index contributed by atoms with van der Waals surface area (Å²) in [4.78, 5) is 70.1. The molecule has 1 aliphatic heterocycles. The molecule has 6 aromatic rings. The van der Waals surface area contributed by atoms with Gasteiger partial charge in [-0.1, -0.05) is 0 Å². The predicted octanol–water partition coefficient (Wildman–Crippen LogP) is 2.57. The Labute approximate surface area is 356 Å². The topological polar surface area (TPSA) is 253 Å². The standard InChI is InChI=1S/C42H53N13O7/c1-6-54-31(19-25(3)49-54)39(58)47-41-45-29-21-27(37(43)56)23-33(60-5)35(29)52(41)12-8-9-13-53-36-30(46-42(53)48-40(59)32-20-26(4)50-55(32)7-2)22-28(38(44)57)24-34(36)62-16-10-11-51-14-17-61-18-15-51/h19-24H,6-18H2,1-5H3,(H2,43,56)(H2,44,57)(H,45,47,58)(H,46,48,59).